The summed E-state index contributed by atoms with van der Waals surface area (Å²) in [6.07, 6.45) is 3.35. The molecule has 18 heavy (non-hydrogen) atoms. The van der Waals surface area contributed by atoms with E-state index in [0.29, 0.717) is 5.92 Å². The van der Waals surface area contributed by atoms with Crippen molar-refractivity contribution in [3.8, 4) is 0 Å². The zero-order valence-corrected chi connectivity index (χ0v) is 11.1. The number of hydrogen-bond acceptors (Lipinski definition) is 2. The van der Waals surface area contributed by atoms with Crippen LogP contribution in [0.5, 0.6) is 0 Å². The fourth-order valence-corrected chi connectivity index (χ4v) is 3.60. The van der Waals surface area contributed by atoms with Crippen LogP contribution in [0.3, 0.4) is 0 Å². The van der Waals surface area contributed by atoms with E-state index in [9.17, 15) is 4.79 Å². The lowest BCUT2D eigenvalue weighted by Crippen LogP contribution is -2.37. The van der Waals surface area contributed by atoms with E-state index < -0.39 is 0 Å². The van der Waals surface area contributed by atoms with Gasteiger partial charge in [0, 0.05) is 5.92 Å². The van der Waals surface area contributed by atoms with Crippen LogP contribution < -0.4 is 0 Å². The first-order valence-electron chi connectivity index (χ1n) is 6.86. The van der Waals surface area contributed by atoms with E-state index in [1.54, 1.807) is 0 Å². The molecule has 0 bridgehead atoms. The Morgan fingerprint density at radius 3 is 2.72 bits per heavy atom. The third-order valence-corrected chi connectivity index (χ3v) is 4.91. The first-order valence-corrected chi connectivity index (χ1v) is 6.86. The normalized spacial score (nSPS) is 39.2. The molecule has 2 heteroatoms. The Balaban J connectivity index is 1.84. The molecule has 1 aliphatic carbocycles. The van der Waals surface area contributed by atoms with E-state index in [0.717, 1.165) is 19.3 Å². The van der Waals surface area contributed by atoms with Crippen molar-refractivity contribution in [3.05, 3.63) is 35.9 Å². The van der Waals surface area contributed by atoms with Crippen molar-refractivity contribution in [1.82, 2.24) is 0 Å². The summed E-state index contributed by atoms with van der Waals surface area (Å²) in [7, 11) is 0. The first-order chi connectivity index (χ1) is 8.60. The van der Waals surface area contributed by atoms with Crippen LogP contribution in [-0.4, -0.2) is 12.1 Å². The average Bonchev–Trinajstić information content (AvgIpc) is 2.65. The second kappa shape index (κ2) is 4.11. The van der Waals surface area contributed by atoms with Crippen molar-refractivity contribution >= 4 is 5.97 Å². The molecular weight excluding hydrogens is 224 g/mol. The average molecular weight is 244 g/mol. The Morgan fingerprint density at radius 2 is 2.00 bits per heavy atom. The number of rotatable bonds is 1. The van der Waals surface area contributed by atoms with Gasteiger partial charge in [-0.25, -0.2) is 0 Å². The molecule has 96 valence electrons. The van der Waals surface area contributed by atoms with E-state index in [2.05, 4.69) is 37.3 Å². The maximum absolute atomic E-state index is 11.7. The molecule has 0 aromatic heterocycles. The topological polar surface area (TPSA) is 26.3 Å². The minimum atomic E-state index is 0.00214. The number of hydrogen-bond donors (Lipinski definition) is 0. The SMILES string of the molecule is CC1C(=O)OC2CC(C)(c3ccccc3)CCC21. The highest BCUT2D eigenvalue weighted by molar-refractivity contribution is 5.75. The summed E-state index contributed by atoms with van der Waals surface area (Å²) in [5, 5.41) is 0. The van der Waals surface area contributed by atoms with Crippen molar-refractivity contribution in [2.75, 3.05) is 0 Å². The lowest BCUT2D eigenvalue weighted by molar-refractivity contribution is -0.144. The van der Waals surface area contributed by atoms with Gasteiger partial charge in [0.25, 0.3) is 0 Å². The van der Waals surface area contributed by atoms with Crippen LogP contribution in [-0.2, 0) is 14.9 Å². The molecule has 1 aliphatic heterocycles. The minimum Gasteiger partial charge on any atom is -0.462 e. The Labute approximate surface area is 108 Å². The Kier molecular flexibility index (Phi) is 2.69. The number of fused-ring (bicyclic) bond motifs is 1. The van der Waals surface area contributed by atoms with Gasteiger partial charge in [0.1, 0.15) is 6.10 Å². The fourth-order valence-electron chi connectivity index (χ4n) is 3.60. The molecule has 2 fully saturated rings. The van der Waals surface area contributed by atoms with Gasteiger partial charge in [0.05, 0.1) is 5.92 Å². The lowest BCUT2D eigenvalue weighted by Gasteiger charge is -2.39. The van der Waals surface area contributed by atoms with Gasteiger partial charge in [0.2, 0.25) is 0 Å². The predicted molar refractivity (Wildman–Crippen MR) is 70.2 cm³/mol. The minimum absolute atomic E-state index is 0.00214. The molecule has 4 atom stereocenters. The Hall–Kier alpha value is -1.31. The standard InChI is InChI=1S/C16H20O2/c1-11-13-8-9-16(2,10-14(13)18-15(11)17)12-6-4-3-5-7-12/h3-7,11,13-14H,8-10H2,1-2H3. The summed E-state index contributed by atoms with van der Waals surface area (Å²) in [4.78, 5) is 11.7. The molecule has 1 saturated heterocycles. The molecule has 4 unspecified atom stereocenters. The number of ether oxygens (including phenoxy) is 1. The Morgan fingerprint density at radius 1 is 1.28 bits per heavy atom. The summed E-state index contributed by atoms with van der Waals surface area (Å²) in [5.74, 6) is 0.534. The van der Waals surface area contributed by atoms with Crippen LogP contribution in [0.2, 0.25) is 0 Å². The molecule has 2 aliphatic rings. The van der Waals surface area contributed by atoms with E-state index in [1.807, 2.05) is 6.92 Å². The third-order valence-electron chi connectivity index (χ3n) is 4.91. The van der Waals surface area contributed by atoms with Crippen LogP contribution in [0.15, 0.2) is 30.3 Å². The van der Waals surface area contributed by atoms with Gasteiger partial charge in [-0.15, -0.1) is 0 Å². The van der Waals surface area contributed by atoms with Crippen LogP contribution >= 0.6 is 0 Å². The largest absolute Gasteiger partial charge is 0.462 e. The molecule has 0 spiro atoms. The smallest absolute Gasteiger partial charge is 0.309 e. The molecule has 0 radical (unpaired) electrons. The Bertz CT molecular complexity index is 453. The molecule has 1 aromatic carbocycles. The number of esters is 1. The predicted octanol–water partition coefficient (Wildman–Crippen LogP) is 3.31. The molecule has 0 N–H and O–H groups in total. The second-order valence-corrected chi connectivity index (χ2v) is 6.10. The monoisotopic (exact) mass is 244 g/mol. The molecular formula is C16H20O2. The summed E-state index contributed by atoms with van der Waals surface area (Å²) in [5.41, 5.74) is 1.53. The van der Waals surface area contributed by atoms with Crippen molar-refractivity contribution in [2.24, 2.45) is 11.8 Å². The van der Waals surface area contributed by atoms with Gasteiger partial charge in [-0.2, -0.15) is 0 Å². The van der Waals surface area contributed by atoms with E-state index in [4.69, 9.17) is 4.74 Å². The summed E-state index contributed by atoms with van der Waals surface area (Å²) in [6.45, 7) is 4.31. The van der Waals surface area contributed by atoms with Gasteiger partial charge in [-0.3, -0.25) is 4.79 Å². The fraction of sp³-hybridized carbons (Fsp3) is 0.562. The van der Waals surface area contributed by atoms with E-state index in [-0.39, 0.29) is 23.4 Å². The van der Waals surface area contributed by atoms with Crippen LogP contribution in [0.4, 0.5) is 0 Å². The van der Waals surface area contributed by atoms with E-state index >= 15 is 0 Å². The van der Waals surface area contributed by atoms with Gasteiger partial charge in [-0.1, -0.05) is 44.2 Å². The molecule has 3 rings (SSSR count). The summed E-state index contributed by atoms with van der Waals surface area (Å²) < 4.78 is 5.56. The second-order valence-electron chi connectivity index (χ2n) is 6.10. The maximum Gasteiger partial charge on any atom is 0.309 e. The molecule has 0 amide bonds. The van der Waals surface area contributed by atoms with Crippen molar-refractivity contribution < 1.29 is 9.53 Å². The van der Waals surface area contributed by atoms with Gasteiger partial charge in [0.15, 0.2) is 0 Å². The van der Waals surface area contributed by atoms with Crippen LogP contribution in [0.1, 0.15) is 38.7 Å². The third kappa shape index (κ3) is 1.75. The quantitative estimate of drug-likeness (QED) is 0.708. The van der Waals surface area contributed by atoms with E-state index in [1.165, 1.54) is 5.56 Å². The molecule has 1 heterocycles. The highest BCUT2D eigenvalue weighted by Gasteiger charge is 2.48. The van der Waals surface area contributed by atoms with Crippen LogP contribution in [0.25, 0.3) is 0 Å². The molecule has 1 saturated carbocycles. The molecule has 2 nitrogen and oxygen atoms in total. The number of carbonyl (C=O) groups is 1. The summed E-state index contributed by atoms with van der Waals surface area (Å²) in [6, 6.07) is 10.6. The van der Waals surface area contributed by atoms with Gasteiger partial charge >= 0.3 is 5.97 Å². The highest BCUT2D eigenvalue weighted by Crippen LogP contribution is 2.47. The number of carbonyl (C=O) groups excluding carboxylic acids is 1. The lowest BCUT2D eigenvalue weighted by atomic mass is 9.65. The van der Waals surface area contributed by atoms with Crippen molar-refractivity contribution in [3.63, 3.8) is 0 Å². The molecule has 1 aromatic rings. The first kappa shape index (κ1) is 11.8. The number of benzene rings is 1. The van der Waals surface area contributed by atoms with Crippen molar-refractivity contribution in [2.45, 2.75) is 44.6 Å². The van der Waals surface area contributed by atoms with Crippen LogP contribution in [0, 0.1) is 11.8 Å². The summed E-state index contributed by atoms with van der Waals surface area (Å²) >= 11 is 0. The highest BCUT2D eigenvalue weighted by atomic mass is 16.6. The van der Waals surface area contributed by atoms with Gasteiger partial charge < -0.3 is 4.74 Å². The van der Waals surface area contributed by atoms with Crippen molar-refractivity contribution in [1.29, 1.82) is 0 Å². The zero-order chi connectivity index (χ0) is 12.8. The maximum atomic E-state index is 11.7. The van der Waals surface area contributed by atoms with Gasteiger partial charge in [-0.05, 0) is 30.2 Å². The zero-order valence-electron chi connectivity index (χ0n) is 11.1.